The largest absolute Gasteiger partial charge is 0.369 e. The summed E-state index contributed by atoms with van der Waals surface area (Å²) in [5.74, 6) is -0.405. The molecule has 2 aromatic rings. The van der Waals surface area contributed by atoms with E-state index >= 15 is 0 Å². The van der Waals surface area contributed by atoms with E-state index in [0.717, 1.165) is 26.2 Å². The third kappa shape index (κ3) is 5.44. The molecule has 0 unspecified atom stereocenters. The van der Waals surface area contributed by atoms with Crippen molar-refractivity contribution >= 4 is 29.7 Å². The molecule has 0 atom stereocenters. The molecule has 0 bridgehead atoms. The number of carbonyl (C=O) groups excluding carboxylic acids is 1. The Hall–Kier alpha value is -2.11. The second kappa shape index (κ2) is 9.20. The summed E-state index contributed by atoms with van der Waals surface area (Å²) in [6.45, 7) is 9.75. The standard InChI is InChI=1S/C21H26FN3O.ClH/c1-15-4-7-20(17(3)12-15)25-10-8-24(9-11-25)14-21(26)23-18-6-5-16(2)19(22)13-18;/h4-7,12-13H,8-11,14H2,1-3H3,(H,23,26);1H. The van der Waals surface area contributed by atoms with Crippen LogP contribution in [0.2, 0.25) is 0 Å². The third-order valence-electron chi connectivity index (χ3n) is 4.89. The molecule has 0 radical (unpaired) electrons. The predicted molar refractivity (Wildman–Crippen MR) is 112 cm³/mol. The maximum Gasteiger partial charge on any atom is 0.238 e. The number of halogens is 2. The Morgan fingerprint density at radius 2 is 1.70 bits per heavy atom. The SMILES string of the molecule is Cc1ccc(N2CCN(CC(=O)Nc3ccc(C)c(F)c3)CC2)c(C)c1.Cl. The average molecular weight is 392 g/mol. The summed E-state index contributed by atoms with van der Waals surface area (Å²) in [5.41, 5.74) is 4.92. The zero-order chi connectivity index (χ0) is 18.7. The topological polar surface area (TPSA) is 35.6 Å². The van der Waals surface area contributed by atoms with Crippen LogP contribution in [0.15, 0.2) is 36.4 Å². The summed E-state index contributed by atoms with van der Waals surface area (Å²) >= 11 is 0. The first kappa shape index (κ1) is 21.2. The lowest BCUT2D eigenvalue weighted by Gasteiger charge is -2.36. The minimum absolute atomic E-state index is 0. The summed E-state index contributed by atoms with van der Waals surface area (Å²) in [7, 11) is 0. The number of hydrogen-bond acceptors (Lipinski definition) is 3. The maximum absolute atomic E-state index is 13.6. The first-order valence-electron chi connectivity index (χ1n) is 9.03. The van der Waals surface area contributed by atoms with E-state index in [-0.39, 0.29) is 24.1 Å². The smallest absolute Gasteiger partial charge is 0.238 e. The van der Waals surface area contributed by atoms with Crippen molar-refractivity contribution in [2.24, 2.45) is 0 Å². The number of nitrogens with one attached hydrogen (secondary N) is 1. The summed E-state index contributed by atoms with van der Waals surface area (Å²) in [5, 5.41) is 2.78. The highest BCUT2D eigenvalue weighted by Crippen LogP contribution is 2.22. The normalized spacial score (nSPS) is 14.6. The van der Waals surface area contributed by atoms with Gasteiger partial charge in [-0.3, -0.25) is 9.69 Å². The maximum atomic E-state index is 13.6. The first-order chi connectivity index (χ1) is 12.4. The van der Waals surface area contributed by atoms with Crippen molar-refractivity contribution in [3.8, 4) is 0 Å². The Kier molecular flexibility index (Phi) is 7.22. The molecule has 1 aliphatic rings. The van der Waals surface area contributed by atoms with Crippen LogP contribution in [-0.2, 0) is 4.79 Å². The Labute approximate surface area is 166 Å². The number of amides is 1. The van der Waals surface area contributed by atoms with Crippen LogP contribution in [0.25, 0.3) is 0 Å². The number of piperazine rings is 1. The van der Waals surface area contributed by atoms with Gasteiger partial charge in [-0.15, -0.1) is 12.4 Å². The van der Waals surface area contributed by atoms with E-state index in [4.69, 9.17) is 0 Å². The zero-order valence-corrected chi connectivity index (χ0v) is 16.9. The Bertz CT molecular complexity index is 804. The molecule has 3 rings (SSSR count). The van der Waals surface area contributed by atoms with Gasteiger partial charge in [0.2, 0.25) is 5.91 Å². The summed E-state index contributed by atoms with van der Waals surface area (Å²) < 4.78 is 13.6. The van der Waals surface area contributed by atoms with E-state index in [1.165, 1.54) is 22.9 Å². The molecule has 0 aliphatic carbocycles. The van der Waals surface area contributed by atoms with Crippen LogP contribution >= 0.6 is 12.4 Å². The predicted octanol–water partition coefficient (Wildman–Crippen LogP) is 3.93. The molecule has 0 spiro atoms. The summed E-state index contributed by atoms with van der Waals surface area (Å²) in [6.07, 6.45) is 0. The van der Waals surface area contributed by atoms with E-state index in [2.05, 4.69) is 47.2 Å². The zero-order valence-electron chi connectivity index (χ0n) is 16.1. The van der Waals surface area contributed by atoms with Crippen LogP contribution in [-0.4, -0.2) is 43.5 Å². The number of carbonyl (C=O) groups is 1. The van der Waals surface area contributed by atoms with Crippen molar-refractivity contribution in [1.82, 2.24) is 4.90 Å². The fourth-order valence-electron chi connectivity index (χ4n) is 3.38. The lowest BCUT2D eigenvalue weighted by molar-refractivity contribution is -0.117. The van der Waals surface area contributed by atoms with Crippen molar-refractivity contribution in [2.45, 2.75) is 20.8 Å². The average Bonchev–Trinajstić information content (AvgIpc) is 2.59. The van der Waals surface area contributed by atoms with Crippen LogP contribution in [0.3, 0.4) is 0 Å². The number of aryl methyl sites for hydroxylation is 3. The van der Waals surface area contributed by atoms with Gasteiger partial charge in [0.05, 0.1) is 6.54 Å². The van der Waals surface area contributed by atoms with Crippen molar-refractivity contribution < 1.29 is 9.18 Å². The van der Waals surface area contributed by atoms with Crippen LogP contribution in [0.5, 0.6) is 0 Å². The van der Waals surface area contributed by atoms with Crippen molar-refractivity contribution in [3.63, 3.8) is 0 Å². The minimum Gasteiger partial charge on any atom is -0.369 e. The molecule has 146 valence electrons. The van der Waals surface area contributed by atoms with Gasteiger partial charge in [0.1, 0.15) is 5.82 Å². The second-order valence-electron chi connectivity index (χ2n) is 7.07. The molecule has 1 amide bonds. The lowest BCUT2D eigenvalue weighted by atomic mass is 10.1. The minimum atomic E-state index is -0.301. The van der Waals surface area contributed by atoms with E-state index in [0.29, 0.717) is 17.8 Å². The summed E-state index contributed by atoms with van der Waals surface area (Å²) in [6, 6.07) is 11.3. The Balaban J connectivity index is 0.00000261. The van der Waals surface area contributed by atoms with Gasteiger partial charge in [-0.25, -0.2) is 4.39 Å². The molecule has 6 heteroatoms. The van der Waals surface area contributed by atoms with Crippen LogP contribution in [0.1, 0.15) is 16.7 Å². The number of hydrogen-bond donors (Lipinski definition) is 1. The molecule has 4 nitrogen and oxygen atoms in total. The molecular formula is C21H27ClFN3O. The van der Waals surface area contributed by atoms with Gasteiger partial charge in [0.25, 0.3) is 0 Å². The molecule has 1 N–H and O–H groups in total. The van der Waals surface area contributed by atoms with E-state index in [9.17, 15) is 9.18 Å². The lowest BCUT2D eigenvalue weighted by Crippen LogP contribution is -2.48. The van der Waals surface area contributed by atoms with Gasteiger partial charge in [0.15, 0.2) is 0 Å². The van der Waals surface area contributed by atoms with E-state index in [1.807, 2.05) is 0 Å². The number of benzene rings is 2. The van der Waals surface area contributed by atoms with Gasteiger partial charge in [-0.05, 0) is 50.1 Å². The van der Waals surface area contributed by atoms with Crippen LogP contribution in [0.4, 0.5) is 15.8 Å². The van der Waals surface area contributed by atoms with E-state index < -0.39 is 0 Å². The van der Waals surface area contributed by atoms with Crippen LogP contribution in [0, 0.1) is 26.6 Å². The molecule has 0 aromatic heterocycles. The highest BCUT2D eigenvalue weighted by molar-refractivity contribution is 5.92. The quantitative estimate of drug-likeness (QED) is 0.857. The molecule has 2 aromatic carbocycles. The Morgan fingerprint density at radius 1 is 1.00 bits per heavy atom. The van der Waals surface area contributed by atoms with Gasteiger partial charge in [-0.1, -0.05) is 23.8 Å². The number of anilines is 2. The molecule has 1 saturated heterocycles. The molecule has 0 saturated carbocycles. The monoisotopic (exact) mass is 391 g/mol. The first-order valence-corrected chi connectivity index (χ1v) is 9.03. The molecular weight excluding hydrogens is 365 g/mol. The van der Waals surface area contributed by atoms with E-state index in [1.54, 1.807) is 19.1 Å². The third-order valence-corrected chi connectivity index (χ3v) is 4.89. The second-order valence-corrected chi connectivity index (χ2v) is 7.07. The number of rotatable bonds is 4. The van der Waals surface area contributed by atoms with Gasteiger partial charge < -0.3 is 10.2 Å². The van der Waals surface area contributed by atoms with Crippen molar-refractivity contribution in [3.05, 3.63) is 58.9 Å². The molecule has 1 heterocycles. The van der Waals surface area contributed by atoms with Gasteiger partial charge >= 0.3 is 0 Å². The molecule has 27 heavy (non-hydrogen) atoms. The Morgan fingerprint density at radius 3 is 2.33 bits per heavy atom. The molecule has 1 aliphatic heterocycles. The highest BCUT2D eigenvalue weighted by atomic mass is 35.5. The fraction of sp³-hybridized carbons (Fsp3) is 0.381. The van der Waals surface area contributed by atoms with Gasteiger partial charge in [-0.2, -0.15) is 0 Å². The molecule has 1 fully saturated rings. The van der Waals surface area contributed by atoms with Crippen molar-refractivity contribution in [2.75, 3.05) is 42.9 Å². The highest BCUT2D eigenvalue weighted by Gasteiger charge is 2.20. The van der Waals surface area contributed by atoms with Crippen molar-refractivity contribution in [1.29, 1.82) is 0 Å². The van der Waals surface area contributed by atoms with Gasteiger partial charge in [0, 0.05) is 37.6 Å². The fourth-order valence-corrected chi connectivity index (χ4v) is 3.38. The summed E-state index contributed by atoms with van der Waals surface area (Å²) in [4.78, 5) is 16.7. The van der Waals surface area contributed by atoms with Crippen LogP contribution < -0.4 is 10.2 Å². The number of nitrogens with zero attached hydrogens (tertiary/aromatic N) is 2.